The molecule has 0 spiro atoms. The zero-order chi connectivity index (χ0) is 26.9. The first-order chi connectivity index (χ1) is 18.4. The molecular formula is C30H36N6O2. The molecular weight excluding hydrogens is 476 g/mol. The van der Waals surface area contributed by atoms with Crippen molar-refractivity contribution in [1.29, 1.82) is 0 Å². The van der Waals surface area contributed by atoms with E-state index in [1.807, 2.05) is 47.4 Å². The summed E-state index contributed by atoms with van der Waals surface area (Å²) >= 11 is 0. The first-order valence-corrected chi connectivity index (χ1v) is 13.1. The van der Waals surface area contributed by atoms with Crippen molar-refractivity contribution in [3.05, 3.63) is 77.9 Å². The molecule has 0 aliphatic carbocycles. The van der Waals surface area contributed by atoms with Crippen molar-refractivity contribution in [2.24, 2.45) is 0 Å². The first-order valence-electron chi connectivity index (χ1n) is 13.1. The van der Waals surface area contributed by atoms with Crippen LogP contribution in [0.25, 0.3) is 17.5 Å². The number of anilines is 2. The van der Waals surface area contributed by atoms with Gasteiger partial charge in [0.05, 0.1) is 0 Å². The van der Waals surface area contributed by atoms with E-state index >= 15 is 0 Å². The van der Waals surface area contributed by atoms with Gasteiger partial charge in [-0.25, -0.2) is 9.97 Å². The number of piperazine rings is 1. The number of aromatic nitrogens is 2. The monoisotopic (exact) mass is 512 g/mol. The minimum absolute atomic E-state index is 0.0191. The van der Waals surface area contributed by atoms with Crippen LogP contribution in [0, 0.1) is 0 Å². The number of nitrogens with one attached hydrogen (secondary N) is 2. The number of carbonyl (C=O) groups excluding carboxylic acids is 2. The minimum Gasteiger partial charge on any atom is -0.368 e. The van der Waals surface area contributed by atoms with E-state index in [4.69, 9.17) is 9.97 Å². The highest BCUT2D eigenvalue weighted by atomic mass is 16.2. The van der Waals surface area contributed by atoms with Gasteiger partial charge in [-0.15, -0.1) is 0 Å². The van der Waals surface area contributed by atoms with Crippen LogP contribution in [-0.2, 0) is 9.59 Å². The van der Waals surface area contributed by atoms with Crippen LogP contribution in [-0.4, -0.2) is 66.0 Å². The Morgan fingerprint density at radius 1 is 0.947 bits per heavy atom. The maximum Gasteiger partial charge on any atom is 0.246 e. The quantitative estimate of drug-likeness (QED) is 0.330. The summed E-state index contributed by atoms with van der Waals surface area (Å²) in [6.07, 6.45) is 3.55. The number of benzene rings is 2. The van der Waals surface area contributed by atoms with Crippen LogP contribution < -0.4 is 15.5 Å². The third-order valence-corrected chi connectivity index (χ3v) is 6.49. The van der Waals surface area contributed by atoms with E-state index in [0.717, 1.165) is 16.9 Å². The molecule has 4 rings (SSSR count). The van der Waals surface area contributed by atoms with E-state index < -0.39 is 0 Å². The summed E-state index contributed by atoms with van der Waals surface area (Å²) in [6.45, 7) is 9.49. The predicted molar refractivity (Wildman–Crippen MR) is 153 cm³/mol. The molecule has 0 saturated carbocycles. The Labute approximate surface area is 224 Å². The van der Waals surface area contributed by atoms with Gasteiger partial charge in [-0.3, -0.25) is 9.59 Å². The smallest absolute Gasteiger partial charge is 0.246 e. The zero-order valence-corrected chi connectivity index (χ0v) is 22.4. The van der Waals surface area contributed by atoms with Crippen LogP contribution in [0.1, 0.15) is 37.8 Å². The largest absolute Gasteiger partial charge is 0.368 e. The third kappa shape index (κ3) is 7.41. The Hall–Kier alpha value is -4.20. The Balaban J connectivity index is 1.40. The molecule has 1 aliphatic rings. The standard InChI is InChI=1S/C30H36N6O2/c1-22(2)25-12-9-24(10-13-25)11-14-29(38)36-19-17-35(18-20-36)28-21-27(32-16-15-31-23(3)37)33-30(34-28)26-7-5-4-6-8-26/h4-14,21-22H,15-20H2,1-3H3,(H,31,37)(H,32,33,34). The molecule has 1 saturated heterocycles. The molecule has 0 unspecified atom stereocenters. The van der Waals surface area contributed by atoms with Gasteiger partial charge in [-0.2, -0.15) is 0 Å². The second-order valence-electron chi connectivity index (χ2n) is 9.68. The van der Waals surface area contributed by atoms with E-state index in [9.17, 15) is 9.59 Å². The molecule has 198 valence electrons. The van der Waals surface area contributed by atoms with Gasteiger partial charge < -0.3 is 20.4 Å². The van der Waals surface area contributed by atoms with Crippen molar-refractivity contribution < 1.29 is 9.59 Å². The number of rotatable bonds is 9. The van der Waals surface area contributed by atoms with Crippen molar-refractivity contribution >= 4 is 29.5 Å². The molecule has 8 heteroatoms. The lowest BCUT2D eigenvalue weighted by atomic mass is 10.0. The fourth-order valence-corrected chi connectivity index (χ4v) is 4.25. The van der Waals surface area contributed by atoms with E-state index in [2.05, 4.69) is 53.6 Å². The second kappa shape index (κ2) is 12.9. The molecule has 38 heavy (non-hydrogen) atoms. The van der Waals surface area contributed by atoms with Crippen molar-refractivity contribution in [3.8, 4) is 11.4 Å². The van der Waals surface area contributed by atoms with Gasteiger partial charge in [0.1, 0.15) is 11.6 Å². The maximum absolute atomic E-state index is 12.8. The Kier molecular flexibility index (Phi) is 9.08. The lowest BCUT2D eigenvalue weighted by molar-refractivity contribution is -0.126. The number of carbonyl (C=O) groups is 2. The fraction of sp³-hybridized carbons (Fsp3) is 0.333. The van der Waals surface area contributed by atoms with Crippen LogP contribution in [0.2, 0.25) is 0 Å². The summed E-state index contributed by atoms with van der Waals surface area (Å²) in [5.41, 5.74) is 3.24. The summed E-state index contributed by atoms with van der Waals surface area (Å²) in [5.74, 6) is 2.59. The molecule has 0 atom stereocenters. The molecule has 2 N–H and O–H groups in total. The van der Waals surface area contributed by atoms with Crippen LogP contribution in [0.4, 0.5) is 11.6 Å². The molecule has 1 aromatic heterocycles. The highest BCUT2D eigenvalue weighted by molar-refractivity contribution is 5.92. The van der Waals surface area contributed by atoms with Gasteiger partial charge in [-0.1, -0.05) is 68.4 Å². The first kappa shape index (κ1) is 26.9. The lowest BCUT2D eigenvalue weighted by Gasteiger charge is -2.35. The Bertz CT molecular complexity index is 1250. The summed E-state index contributed by atoms with van der Waals surface area (Å²) in [5, 5.41) is 6.08. The van der Waals surface area contributed by atoms with Crippen LogP contribution in [0.3, 0.4) is 0 Å². The average Bonchev–Trinajstić information content (AvgIpc) is 2.94. The number of amides is 2. The minimum atomic E-state index is -0.0635. The Morgan fingerprint density at radius 2 is 1.66 bits per heavy atom. The van der Waals surface area contributed by atoms with Crippen LogP contribution in [0.5, 0.6) is 0 Å². The summed E-state index contributed by atoms with van der Waals surface area (Å²) in [7, 11) is 0. The van der Waals surface area contributed by atoms with Crippen molar-refractivity contribution in [2.45, 2.75) is 26.7 Å². The van der Waals surface area contributed by atoms with Gasteiger partial charge in [0, 0.05) is 63.9 Å². The molecule has 3 aromatic rings. The molecule has 1 fully saturated rings. The lowest BCUT2D eigenvalue weighted by Crippen LogP contribution is -2.48. The van der Waals surface area contributed by atoms with Gasteiger partial charge in [0.2, 0.25) is 11.8 Å². The van der Waals surface area contributed by atoms with Crippen LogP contribution in [0.15, 0.2) is 66.7 Å². The van der Waals surface area contributed by atoms with Crippen molar-refractivity contribution in [1.82, 2.24) is 20.2 Å². The van der Waals surface area contributed by atoms with Gasteiger partial charge >= 0.3 is 0 Å². The maximum atomic E-state index is 12.8. The summed E-state index contributed by atoms with van der Waals surface area (Å²) in [6, 6.07) is 20.1. The molecule has 2 amide bonds. The summed E-state index contributed by atoms with van der Waals surface area (Å²) < 4.78 is 0. The normalized spacial score (nSPS) is 13.7. The molecule has 1 aliphatic heterocycles. The van der Waals surface area contributed by atoms with E-state index in [-0.39, 0.29) is 11.8 Å². The Morgan fingerprint density at radius 3 is 2.32 bits per heavy atom. The van der Waals surface area contributed by atoms with E-state index in [1.165, 1.54) is 12.5 Å². The van der Waals surface area contributed by atoms with Gasteiger partial charge in [0.15, 0.2) is 5.82 Å². The predicted octanol–water partition coefficient (Wildman–Crippen LogP) is 4.18. The van der Waals surface area contributed by atoms with E-state index in [1.54, 1.807) is 6.08 Å². The topological polar surface area (TPSA) is 90.5 Å². The number of nitrogens with zero attached hydrogens (tertiary/aromatic N) is 4. The summed E-state index contributed by atoms with van der Waals surface area (Å²) in [4.78, 5) is 37.6. The zero-order valence-electron chi connectivity index (χ0n) is 22.4. The van der Waals surface area contributed by atoms with Crippen molar-refractivity contribution in [3.63, 3.8) is 0 Å². The molecule has 8 nitrogen and oxygen atoms in total. The van der Waals surface area contributed by atoms with Gasteiger partial charge in [-0.05, 0) is 23.1 Å². The number of hydrogen-bond donors (Lipinski definition) is 2. The fourth-order valence-electron chi connectivity index (χ4n) is 4.25. The van der Waals surface area contributed by atoms with Crippen molar-refractivity contribution in [2.75, 3.05) is 49.5 Å². The van der Waals surface area contributed by atoms with E-state index in [0.29, 0.717) is 56.8 Å². The molecule has 2 aromatic carbocycles. The number of hydrogen-bond acceptors (Lipinski definition) is 6. The molecule has 0 bridgehead atoms. The third-order valence-electron chi connectivity index (χ3n) is 6.49. The average molecular weight is 513 g/mol. The second-order valence-corrected chi connectivity index (χ2v) is 9.68. The SMILES string of the molecule is CC(=O)NCCNc1cc(N2CCN(C(=O)C=Cc3ccc(C(C)C)cc3)CC2)nc(-c2ccccc2)n1. The highest BCUT2D eigenvalue weighted by Gasteiger charge is 2.22. The molecule has 0 radical (unpaired) electrons. The van der Waals surface area contributed by atoms with Gasteiger partial charge in [0.25, 0.3) is 0 Å². The van der Waals surface area contributed by atoms with Crippen LogP contribution >= 0.6 is 0 Å². The highest BCUT2D eigenvalue weighted by Crippen LogP contribution is 2.23. The molecule has 2 heterocycles.